The molecule has 2 N–H and O–H groups in total. The van der Waals surface area contributed by atoms with Crippen LogP contribution < -0.4 is 0 Å². The average molecular weight is 254 g/mol. The summed E-state index contributed by atoms with van der Waals surface area (Å²) in [6, 6.07) is 0. The highest BCUT2D eigenvalue weighted by Gasteiger charge is 2.67. The van der Waals surface area contributed by atoms with Gasteiger partial charge in [0.2, 0.25) is 0 Å². The van der Waals surface area contributed by atoms with Crippen LogP contribution in [0.5, 0.6) is 0 Å². The summed E-state index contributed by atoms with van der Waals surface area (Å²) in [5.41, 5.74) is -1.63. The Morgan fingerprint density at radius 1 is 1.39 bits per heavy atom. The Balaban J connectivity index is 2.29. The molecule has 2 fully saturated rings. The molecule has 0 aliphatic carbocycles. The molecule has 5 atom stereocenters. The fourth-order valence-electron chi connectivity index (χ4n) is 2.77. The van der Waals surface area contributed by atoms with Crippen LogP contribution in [0.15, 0.2) is 24.3 Å². The SMILES string of the molecule is CC=CC=CC1(C(C)O)OCCC2(OC2C)C1O. The third-order valence-electron chi connectivity index (χ3n) is 4.08. The van der Waals surface area contributed by atoms with E-state index in [2.05, 4.69) is 0 Å². The zero-order valence-electron chi connectivity index (χ0n) is 11.2. The minimum Gasteiger partial charge on any atom is -0.390 e. The van der Waals surface area contributed by atoms with Crippen molar-refractivity contribution in [1.29, 1.82) is 0 Å². The highest BCUT2D eigenvalue weighted by Crippen LogP contribution is 2.50. The van der Waals surface area contributed by atoms with Gasteiger partial charge in [-0.25, -0.2) is 0 Å². The molecule has 2 aliphatic heterocycles. The van der Waals surface area contributed by atoms with Gasteiger partial charge >= 0.3 is 0 Å². The Hall–Kier alpha value is -0.680. The molecule has 0 bridgehead atoms. The van der Waals surface area contributed by atoms with E-state index in [9.17, 15) is 10.2 Å². The zero-order chi connectivity index (χ0) is 13.4. The van der Waals surface area contributed by atoms with Gasteiger partial charge in [-0.3, -0.25) is 0 Å². The predicted molar refractivity (Wildman–Crippen MR) is 68.2 cm³/mol. The van der Waals surface area contributed by atoms with Crippen molar-refractivity contribution in [2.75, 3.05) is 6.61 Å². The molecule has 0 radical (unpaired) electrons. The molecule has 2 saturated heterocycles. The molecule has 0 amide bonds. The normalized spacial score (nSPS) is 46.1. The van der Waals surface area contributed by atoms with E-state index in [1.165, 1.54) is 0 Å². The third-order valence-corrected chi connectivity index (χ3v) is 4.08. The van der Waals surface area contributed by atoms with E-state index >= 15 is 0 Å². The standard InChI is InChI=1S/C14H22O4/c1-4-5-6-7-13(10(2)15)12(16)14(8-9-17-13)11(3)18-14/h4-7,10-12,15-16H,8-9H2,1-3H3. The number of hydrogen-bond acceptors (Lipinski definition) is 4. The second-order valence-electron chi connectivity index (χ2n) is 5.13. The van der Waals surface area contributed by atoms with Crippen molar-refractivity contribution in [2.45, 2.75) is 56.7 Å². The Morgan fingerprint density at radius 2 is 2.06 bits per heavy atom. The number of hydrogen-bond donors (Lipinski definition) is 2. The van der Waals surface area contributed by atoms with Gasteiger partial charge in [0.05, 0.1) is 18.8 Å². The Morgan fingerprint density at radius 3 is 2.56 bits per heavy atom. The summed E-state index contributed by atoms with van der Waals surface area (Å²) in [6.07, 6.45) is 6.29. The minimum atomic E-state index is -1.08. The van der Waals surface area contributed by atoms with Crippen molar-refractivity contribution in [1.82, 2.24) is 0 Å². The Kier molecular flexibility index (Phi) is 3.65. The van der Waals surface area contributed by atoms with E-state index in [-0.39, 0.29) is 6.10 Å². The van der Waals surface area contributed by atoms with Gasteiger partial charge in [-0.05, 0) is 26.8 Å². The van der Waals surface area contributed by atoms with Gasteiger partial charge in [0, 0.05) is 6.42 Å². The minimum absolute atomic E-state index is 0.0182. The van der Waals surface area contributed by atoms with Gasteiger partial charge < -0.3 is 19.7 Å². The molecule has 0 saturated carbocycles. The molecule has 0 aromatic heterocycles. The van der Waals surface area contributed by atoms with E-state index in [4.69, 9.17) is 9.47 Å². The summed E-state index contributed by atoms with van der Waals surface area (Å²) in [4.78, 5) is 0. The molecule has 0 aromatic rings. The second kappa shape index (κ2) is 4.78. The van der Waals surface area contributed by atoms with Crippen LogP contribution in [0.3, 0.4) is 0 Å². The van der Waals surface area contributed by atoms with Gasteiger partial charge in [0.1, 0.15) is 17.3 Å². The molecule has 4 nitrogen and oxygen atoms in total. The first kappa shape index (κ1) is 13.7. The molecule has 18 heavy (non-hydrogen) atoms. The highest BCUT2D eigenvalue weighted by molar-refractivity contribution is 5.24. The lowest BCUT2D eigenvalue weighted by Gasteiger charge is -2.44. The van der Waals surface area contributed by atoms with E-state index in [0.717, 1.165) is 0 Å². The lowest BCUT2D eigenvalue weighted by atomic mass is 9.77. The van der Waals surface area contributed by atoms with Crippen LogP contribution in [-0.2, 0) is 9.47 Å². The predicted octanol–water partition coefficient (Wildman–Crippen LogP) is 1.18. The van der Waals surface area contributed by atoms with Gasteiger partial charge in [0.25, 0.3) is 0 Å². The molecule has 2 rings (SSSR count). The van der Waals surface area contributed by atoms with Gasteiger partial charge in [-0.1, -0.05) is 18.2 Å². The quantitative estimate of drug-likeness (QED) is 0.586. The molecule has 1 spiro atoms. The van der Waals surface area contributed by atoms with Crippen LogP contribution in [0.25, 0.3) is 0 Å². The Bertz CT molecular complexity index is 363. The maximum atomic E-state index is 10.6. The molecule has 102 valence electrons. The van der Waals surface area contributed by atoms with Crippen LogP contribution in [-0.4, -0.2) is 46.3 Å². The molecule has 0 aromatic carbocycles. The Labute approximate surface area is 108 Å². The maximum absolute atomic E-state index is 10.6. The number of aliphatic hydroxyl groups excluding tert-OH is 2. The van der Waals surface area contributed by atoms with Crippen LogP contribution in [0.4, 0.5) is 0 Å². The van der Waals surface area contributed by atoms with Gasteiger partial charge in [-0.15, -0.1) is 0 Å². The van der Waals surface area contributed by atoms with Crippen molar-refractivity contribution >= 4 is 0 Å². The summed E-state index contributed by atoms with van der Waals surface area (Å²) in [6.45, 7) is 5.96. The van der Waals surface area contributed by atoms with Gasteiger partial charge in [0.15, 0.2) is 0 Å². The number of allylic oxidation sites excluding steroid dienone is 3. The van der Waals surface area contributed by atoms with Crippen LogP contribution in [0, 0.1) is 0 Å². The second-order valence-corrected chi connectivity index (χ2v) is 5.13. The van der Waals surface area contributed by atoms with E-state index < -0.39 is 23.4 Å². The average Bonchev–Trinajstić information content (AvgIpc) is 2.96. The maximum Gasteiger partial charge on any atom is 0.141 e. The van der Waals surface area contributed by atoms with E-state index in [1.807, 2.05) is 26.0 Å². The molecule has 2 heterocycles. The number of epoxide rings is 1. The molecular weight excluding hydrogens is 232 g/mol. The monoisotopic (exact) mass is 254 g/mol. The highest BCUT2D eigenvalue weighted by atomic mass is 16.6. The topological polar surface area (TPSA) is 62.2 Å². The number of rotatable bonds is 3. The van der Waals surface area contributed by atoms with Crippen molar-refractivity contribution in [3.63, 3.8) is 0 Å². The molecule has 5 unspecified atom stereocenters. The first-order chi connectivity index (χ1) is 8.49. The lowest BCUT2D eigenvalue weighted by Crippen LogP contribution is -2.61. The fourth-order valence-corrected chi connectivity index (χ4v) is 2.77. The molecular formula is C14H22O4. The van der Waals surface area contributed by atoms with E-state index in [0.29, 0.717) is 13.0 Å². The largest absolute Gasteiger partial charge is 0.390 e. The third kappa shape index (κ3) is 1.93. The first-order valence-corrected chi connectivity index (χ1v) is 6.48. The summed E-state index contributed by atoms with van der Waals surface area (Å²) >= 11 is 0. The summed E-state index contributed by atoms with van der Waals surface area (Å²) in [7, 11) is 0. The zero-order valence-corrected chi connectivity index (χ0v) is 11.2. The van der Waals surface area contributed by atoms with Gasteiger partial charge in [-0.2, -0.15) is 0 Å². The molecule has 2 aliphatic rings. The van der Waals surface area contributed by atoms with Crippen LogP contribution in [0.1, 0.15) is 27.2 Å². The van der Waals surface area contributed by atoms with Crippen molar-refractivity contribution in [2.24, 2.45) is 0 Å². The summed E-state index contributed by atoms with van der Waals surface area (Å²) in [5.74, 6) is 0. The smallest absolute Gasteiger partial charge is 0.141 e. The van der Waals surface area contributed by atoms with Crippen LogP contribution >= 0.6 is 0 Å². The van der Waals surface area contributed by atoms with Crippen molar-refractivity contribution in [3.8, 4) is 0 Å². The van der Waals surface area contributed by atoms with Crippen molar-refractivity contribution < 1.29 is 19.7 Å². The first-order valence-electron chi connectivity index (χ1n) is 6.48. The lowest BCUT2D eigenvalue weighted by molar-refractivity contribution is -0.197. The fraction of sp³-hybridized carbons (Fsp3) is 0.714. The summed E-state index contributed by atoms with van der Waals surface area (Å²) < 4.78 is 11.3. The van der Waals surface area contributed by atoms with Crippen LogP contribution in [0.2, 0.25) is 0 Å². The molecule has 4 heteroatoms. The summed E-state index contributed by atoms with van der Waals surface area (Å²) in [5, 5.41) is 20.6. The number of ether oxygens (including phenoxy) is 2. The van der Waals surface area contributed by atoms with Crippen molar-refractivity contribution in [3.05, 3.63) is 24.3 Å². The number of aliphatic hydroxyl groups is 2. The van der Waals surface area contributed by atoms with E-state index in [1.54, 1.807) is 19.1 Å².